The van der Waals surface area contributed by atoms with Gasteiger partial charge in [0.1, 0.15) is 5.82 Å². The Balaban J connectivity index is 2.40. The predicted molar refractivity (Wildman–Crippen MR) is 60.4 cm³/mol. The van der Waals surface area contributed by atoms with E-state index >= 15 is 0 Å². The lowest BCUT2D eigenvalue weighted by Crippen LogP contribution is -1.96. The molecule has 0 saturated carbocycles. The largest absolute Gasteiger partial charge is 0.396 e. The van der Waals surface area contributed by atoms with Gasteiger partial charge in [-0.15, -0.1) is 0 Å². The van der Waals surface area contributed by atoms with E-state index in [2.05, 4.69) is 4.98 Å². The zero-order valence-corrected chi connectivity index (χ0v) is 8.73. The molecule has 1 heterocycles. The van der Waals surface area contributed by atoms with Crippen LogP contribution >= 0.6 is 0 Å². The number of aromatic nitrogens is 1. The summed E-state index contributed by atoms with van der Waals surface area (Å²) >= 11 is 0. The summed E-state index contributed by atoms with van der Waals surface area (Å²) in [5.74, 6) is -0.281. The van der Waals surface area contributed by atoms with Gasteiger partial charge in [-0.05, 0) is 24.3 Å². The third kappa shape index (κ3) is 2.25. The van der Waals surface area contributed by atoms with Crippen molar-refractivity contribution in [3.8, 4) is 11.3 Å². The van der Waals surface area contributed by atoms with E-state index in [-0.39, 0.29) is 12.4 Å². The van der Waals surface area contributed by atoms with Gasteiger partial charge in [0.2, 0.25) is 0 Å². The van der Waals surface area contributed by atoms with Gasteiger partial charge in [-0.25, -0.2) is 4.39 Å². The van der Waals surface area contributed by atoms with Gasteiger partial charge < -0.3 is 5.11 Å². The first kappa shape index (κ1) is 10.8. The van der Waals surface area contributed by atoms with Gasteiger partial charge in [0.15, 0.2) is 0 Å². The molecule has 0 fully saturated rings. The maximum absolute atomic E-state index is 13.5. The van der Waals surface area contributed by atoms with Crippen molar-refractivity contribution < 1.29 is 9.50 Å². The number of halogens is 1. The minimum absolute atomic E-state index is 0.0493. The highest BCUT2D eigenvalue weighted by molar-refractivity contribution is 5.59. The Labute approximate surface area is 93.4 Å². The number of nitrogens with zero attached hydrogens (tertiary/aromatic N) is 1. The molecule has 0 aliphatic rings. The molecular formula is C13H12FNO. The summed E-state index contributed by atoms with van der Waals surface area (Å²) in [7, 11) is 0. The summed E-state index contributed by atoms with van der Waals surface area (Å²) < 4.78 is 13.5. The van der Waals surface area contributed by atoms with Gasteiger partial charge in [-0.2, -0.15) is 0 Å². The molecular weight excluding hydrogens is 205 g/mol. The van der Waals surface area contributed by atoms with Crippen LogP contribution in [0.25, 0.3) is 11.3 Å². The molecule has 0 bridgehead atoms. The number of aliphatic hydroxyl groups is 1. The molecule has 1 aromatic carbocycles. The fraction of sp³-hybridized carbons (Fsp3) is 0.154. The quantitative estimate of drug-likeness (QED) is 0.856. The van der Waals surface area contributed by atoms with Crippen LogP contribution in [0, 0.1) is 5.82 Å². The molecule has 16 heavy (non-hydrogen) atoms. The van der Waals surface area contributed by atoms with Crippen LogP contribution in [0.4, 0.5) is 4.39 Å². The Bertz CT molecular complexity index is 485. The molecule has 0 unspecified atom stereocenters. The van der Waals surface area contributed by atoms with Crippen molar-refractivity contribution in [2.24, 2.45) is 0 Å². The van der Waals surface area contributed by atoms with Crippen LogP contribution < -0.4 is 0 Å². The third-order valence-corrected chi connectivity index (χ3v) is 2.32. The Morgan fingerprint density at radius 3 is 2.62 bits per heavy atom. The molecule has 1 N–H and O–H groups in total. The van der Waals surface area contributed by atoms with Crippen LogP contribution in [-0.4, -0.2) is 16.7 Å². The van der Waals surface area contributed by atoms with Gasteiger partial charge in [0.05, 0.1) is 5.69 Å². The lowest BCUT2D eigenvalue weighted by molar-refractivity contribution is 0.298. The van der Waals surface area contributed by atoms with Crippen molar-refractivity contribution in [2.75, 3.05) is 6.61 Å². The minimum Gasteiger partial charge on any atom is -0.396 e. The third-order valence-electron chi connectivity index (χ3n) is 2.32. The number of aliphatic hydroxyl groups excluding tert-OH is 1. The predicted octanol–water partition coefficient (Wildman–Crippen LogP) is 2.42. The molecule has 1 aromatic heterocycles. The fourth-order valence-electron chi connectivity index (χ4n) is 1.55. The topological polar surface area (TPSA) is 33.1 Å². The molecule has 0 spiro atoms. The summed E-state index contributed by atoms with van der Waals surface area (Å²) in [4.78, 5) is 4.29. The van der Waals surface area contributed by atoms with Gasteiger partial charge in [0, 0.05) is 24.3 Å². The van der Waals surface area contributed by atoms with E-state index in [4.69, 9.17) is 5.11 Å². The Hall–Kier alpha value is -1.74. The first-order valence-corrected chi connectivity index (χ1v) is 5.13. The standard InChI is InChI=1S/C13H12FNO/c14-12-6-2-1-5-11(12)13-7-3-4-10(15-13)8-9-16/h1-7,16H,8-9H2. The molecule has 2 nitrogen and oxygen atoms in total. The van der Waals surface area contributed by atoms with E-state index < -0.39 is 0 Å². The average molecular weight is 217 g/mol. The highest BCUT2D eigenvalue weighted by Gasteiger charge is 2.05. The summed E-state index contributed by atoms with van der Waals surface area (Å²) in [5.41, 5.74) is 1.86. The minimum atomic E-state index is -0.281. The van der Waals surface area contributed by atoms with Crippen molar-refractivity contribution >= 4 is 0 Å². The molecule has 0 aliphatic carbocycles. The van der Waals surface area contributed by atoms with Crippen LogP contribution in [0.15, 0.2) is 42.5 Å². The monoisotopic (exact) mass is 217 g/mol. The van der Waals surface area contributed by atoms with Gasteiger partial charge in [-0.3, -0.25) is 4.98 Å². The van der Waals surface area contributed by atoms with Gasteiger partial charge in [-0.1, -0.05) is 18.2 Å². The molecule has 0 radical (unpaired) electrons. The summed E-state index contributed by atoms with van der Waals surface area (Å²) in [5, 5.41) is 8.82. The van der Waals surface area contributed by atoms with Crippen molar-refractivity contribution in [1.82, 2.24) is 4.98 Å². The van der Waals surface area contributed by atoms with Crippen LogP contribution in [-0.2, 0) is 6.42 Å². The fourth-order valence-corrected chi connectivity index (χ4v) is 1.55. The SMILES string of the molecule is OCCc1cccc(-c2ccccc2F)n1. The van der Waals surface area contributed by atoms with E-state index in [1.807, 2.05) is 12.1 Å². The molecule has 2 rings (SSSR count). The van der Waals surface area contributed by atoms with Gasteiger partial charge in [0.25, 0.3) is 0 Å². The van der Waals surface area contributed by atoms with Crippen molar-refractivity contribution in [1.29, 1.82) is 0 Å². The van der Waals surface area contributed by atoms with E-state index in [1.165, 1.54) is 6.07 Å². The molecule has 2 aromatic rings. The second-order valence-electron chi connectivity index (χ2n) is 3.47. The van der Waals surface area contributed by atoms with E-state index in [0.29, 0.717) is 17.7 Å². The van der Waals surface area contributed by atoms with E-state index in [9.17, 15) is 4.39 Å². The van der Waals surface area contributed by atoms with Crippen LogP contribution in [0.5, 0.6) is 0 Å². The van der Waals surface area contributed by atoms with Crippen LogP contribution in [0.2, 0.25) is 0 Å². The second-order valence-corrected chi connectivity index (χ2v) is 3.47. The highest BCUT2D eigenvalue weighted by atomic mass is 19.1. The normalized spacial score (nSPS) is 10.4. The summed E-state index contributed by atoms with van der Waals surface area (Å²) in [6.45, 7) is 0.0493. The van der Waals surface area contributed by atoms with Crippen molar-refractivity contribution in [3.63, 3.8) is 0 Å². The van der Waals surface area contributed by atoms with Crippen LogP contribution in [0.1, 0.15) is 5.69 Å². The molecule has 3 heteroatoms. The number of benzene rings is 1. The molecule has 0 aliphatic heterocycles. The van der Waals surface area contributed by atoms with Crippen molar-refractivity contribution in [3.05, 3.63) is 54.0 Å². The Kier molecular flexibility index (Phi) is 3.27. The first-order valence-electron chi connectivity index (χ1n) is 5.13. The molecule has 0 saturated heterocycles. The molecule has 82 valence electrons. The van der Waals surface area contributed by atoms with E-state index in [0.717, 1.165) is 5.69 Å². The Morgan fingerprint density at radius 2 is 1.88 bits per heavy atom. The van der Waals surface area contributed by atoms with Crippen molar-refractivity contribution in [2.45, 2.75) is 6.42 Å². The lowest BCUT2D eigenvalue weighted by Gasteiger charge is -2.04. The van der Waals surface area contributed by atoms with Crippen LogP contribution in [0.3, 0.4) is 0 Å². The maximum atomic E-state index is 13.5. The number of hydrogen-bond acceptors (Lipinski definition) is 2. The highest BCUT2D eigenvalue weighted by Crippen LogP contribution is 2.20. The van der Waals surface area contributed by atoms with Gasteiger partial charge >= 0.3 is 0 Å². The summed E-state index contributed by atoms with van der Waals surface area (Å²) in [6.07, 6.45) is 0.488. The first-order chi connectivity index (χ1) is 7.81. The lowest BCUT2D eigenvalue weighted by atomic mass is 10.1. The maximum Gasteiger partial charge on any atom is 0.132 e. The van der Waals surface area contributed by atoms with E-state index in [1.54, 1.807) is 24.3 Å². The second kappa shape index (κ2) is 4.86. The molecule has 0 amide bonds. The number of pyridine rings is 1. The zero-order valence-electron chi connectivity index (χ0n) is 8.73. The number of rotatable bonds is 3. The Morgan fingerprint density at radius 1 is 1.06 bits per heavy atom. The summed E-state index contributed by atoms with van der Waals surface area (Å²) in [6, 6.07) is 11.9. The smallest absolute Gasteiger partial charge is 0.132 e. The zero-order chi connectivity index (χ0) is 11.4. The molecule has 0 atom stereocenters. The number of hydrogen-bond donors (Lipinski definition) is 1. The average Bonchev–Trinajstić information content (AvgIpc) is 2.30.